The van der Waals surface area contributed by atoms with E-state index in [-0.39, 0.29) is 17.9 Å². The second-order valence-corrected chi connectivity index (χ2v) is 6.03. The molecule has 0 aromatic heterocycles. The van der Waals surface area contributed by atoms with E-state index >= 15 is 0 Å². The molecule has 0 aromatic carbocycles. The minimum absolute atomic E-state index is 0.0987. The van der Waals surface area contributed by atoms with E-state index in [1.54, 1.807) is 0 Å². The largest absolute Gasteiger partial charge is 0.356 e. The van der Waals surface area contributed by atoms with Crippen LogP contribution < -0.4 is 11.1 Å². The number of carbonyl (C=O) groups excluding carboxylic acids is 1. The molecule has 0 fully saturated rings. The number of hydrogen-bond acceptors (Lipinski definition) is 3. The predicted octanol–water partition coefficient (Wildman–Crippen LogP) is 1.99. The maximum atomic E-state index is 11.8. The fourth-order valence-electron chi connectivity index (χ4n) is 1.85. The van der Waals surface area contributed by atoms with Gasteiger partial charge in [0.2, 0.25) is 5.91 Å². The molecule has 0 rings (SSSR count). The molecule has 0 heterocycles. The number of nitrogens with zero attached hydrogens (tertiary/aromatic N) is 1. The van der Waals surface area contributed by atoms with Crippen molar-refractivity contribution in [2.75, 3.05) is 20.1 Å². The first-order chi connectivity index (χ1) is 8.84. The zero-order valence-corrected chi connectivity index (χ0v) is 13.4. The maximum absolute atomic E-state index is 11.8. The van der Waals surface area contributed by atoms with E-state index < -0.39 is 0 Å². The second kappa shape index (κ2) is 10.2. The van der Waals surface area contributed by atoms with Crippen LogP contribution in [0.3, 0.4) is 0 Å². The number of nitrogens with one attached hydrogen (secondary N) is 1. The molecule has 0 radical (unpaired) electrons. The van der Waals surface area contributed by atoms with Crippen molar-refractivity contribution in [1.29, 1.82) is 0 Å². The third kappa shape index (κ3) is 9.91. The SMILES string of the molecule is CC(N)CCCC(C)C(=O)NCCCN(C)C(C)C. The van der Waals surface area contributed by atoms with Crippen LogP contribution in [0.5, 0.6) is 0 Å². The highest BCUT2D eigenvalue weighted by Gasteiger charge is 2.12. The Bertz CT molecular complexity index is 242. The zero-order chi connectivity index (χ0) is 14.8. The van der Waals surface area contributed by atoms with Crippen molar-refractivity contribution in [2.45, 2.75) is 65.5 Å². The summed E-state index contributed by atoms with van der Waals surface area (Å²) in [5.74, 6) is 0.276. The third-order valence-electron chi connectivity index (χ3n) is 3.61. The number of nitrogens with two attached hydrogens (primary N) is 1. The summed E-state index contributed by atoms with van der Waals surface area (Å²) in [6, 6.07) is 0.801. The third-order valence-corrected chi connectivity index (χ3v) is 3.61. The lowest BCUT2D eigenvalue weighted by Crippen LogP contribution is -2.33. The molecule has 0 aliphatic carbocycles. The van der Waals surface area contributed by atoms with Gasteiger partial charge in [-0.1, -0.05) is 13.3 Å². The summed E-state index contributed by atoms with van der Waals surface area (Å²) in [5, 5.41) is 3.02. The van der Waals surface area contributed by atoms with Gasteiger partial charge in [0.05, 0.1) is 0 Å². The Morgan fingerprint density at radius 3 is 2.32 bits per heavy atom. The van der Waals surface area contributed by atoms with Crippen LogP contribution in [0.1, 0.15) is 53.4 Å². The van der Waals surface area contributed by atoms with Crippen molar-refractivity contribution >= 4 is 5.91 Å². The molecule has 4 nitrogen and oxygen atoms in total. The highest BCUT2D eigenvalue weighted by molar-refractivity contribution is 5.78. The smallest absolute Gasteiger partial charge is 0.222 e. The van der Waals surface area contributed by atoms with E-state index in [2.05, 4.69) is 31.1 Å². The molecule has 0 aliphatic rings. The first-order valence-corrected chi connectivity index (χ1v) is 7.58. The molecule has 114 valence electrons. The Kier molecular flexibility index (Phi) is 9.88. The van der Waals surface area contributed by atoms with Crippen LogP contribution in [0.2, 0.25) is 0 Å². The van der Waals surface area contributed by atoms with E-state index in [0.717, 1.165) is 38.8 Å². The lowest BCUT2D eigenvalue weighted by atomic mass is 10.0. The lowest BCUT2D eigenvalue weighted by molar-refractivity contribution is -0.124. The average Bonchev–Trinajstić information content (AvgIpc) is 2.33. The summed E-state index contributed by atoms with van der Waals surface area (Å²) in [5.41, 5.74) is 5.70. The number of amides is 1. The molecule has 0 aliphatic heterocycles. The fourth-order valence-corrected chi connectivity index (χ4v) is 1.85. The van der Waals surface area contributed by atoms with Gasteiger partial charge < -0.3 is 16.0 Å². The molecule has 2 unspecified atom stereocenters. The van der Waals surface area contributed by atoms with Crippen molar-refractivity contribution in [1.82, 2.24) is 10.2 Å². The van der Waals surface area contributed by atoms with Crippen LogP contribution in [-0.4, -0.2) is 43.0 Å². The molecule has 0 saturated carbocycles. The van der Waals surface area contributed by atoms with Gasteiger partial charge in [-0.2, -0.15) is 0 Å². The standard InChI is InChI=1S/C15H33N3O/c1-12(2)18(5)11-7-10-17-15(19)13(3)8-6-9-14(4)16/h12-14H,6-11,16H2,1-5H3,(H,17,19). The van der Waals surface area contributed by atoms with Crippen molar-refractivity contribution < 1.29 is 4.79 Å². The van der Waals surface area contributed by atoms with E-state index in [1.807, 2.05) is 13.8 Å². The van der Waals surface area contributed by atoms with Gasteiger partial charge in [0, 0.05) is 24.5 Å². The Hall–Kier alpha value is -0.610. The van der Waals surface area contributed by atoms with Crippen LogP contribution in [0, 0.1) is 5.92 Å². The summed E-state index contributed by atoms with van der Waals surface area (Å²) in [4.78, 5) is 14.1. The predicted molar refractivity (Wildman–Crippen MR) is 82.1 cm³/mol. The Morgan fingerprint density at radius 1 is 1.16 bits per heavy atom. The molecule has 3 N–H and O–H groups in total. The van der Waals surface area contributed by atoms with E-state index in [1.165, 1.54) is 0 Å². The van der Waals surface area contributed by atoms with Gasteiger partial charge in [-0.05, 0) is 53.6 Å². The van der Waals surface area contributed by atoms with Gasteiger partial charge in [-0.25, -0.2) is 0 Å². The van der Waals surface area contributed by atoms with Crippen LogP contribution in [0.4, 0.5) is 0 Å². The van der Waals surface area contributed by atoms with Crippen molar-refractivity contribution in [3.8, 4) is 0 Å². The maximum Gasteiger partial charge on any atom is 0.222 e. The van der Waals surface area contributed by atoms with Gasteiger partial charge in [0.25, 0.3) is 0 Å². The van der Waals surface area contributed by atoms with E-state index in [9.17, 15) is 4.79 Å². The number of carbonyl (C=O) groups is 1. The van der Waals surface area contributed by atoms with Crippen molar-refractivity contribution in [3.63, 3.8) is 0 Å². The minimum atomic E-state index is 0.0987. The minimum Gasteiger partial charge on any atom is -0.356 e. The molecule has 19 heavy (non-hydrogen) atoms. The van der Waals surface area contributed by atoms with Crippen LogP contribution >= 0.6 is 0 Å². The fraction of sp³-hybridized carbons (Fsp3) is 0.933. The van der Waals surface area contributed by atoms with Gasteiger partial charge >= 0.3 is 0 Å². The van der Waals surface area contributed by atoms with Crippen molar-refractivity contribution in [3.05, 3.63) is 0 Å². The Labute approximate surface area is 119 Å². The van der Waals surface area contributed by atoms with Gasteiger partial charge in [-0.3, -0.25) is 4.79 Å². The Morgan fingerprint density at radius 2 is 1.79 bits per heavy atom. The molecule has 0 bridgehead atoms. The van der Waals surface area contributed by atoms with E-state index in [0.29, 0.717) is 6.04 Å². The summed E-state index contributed by atoms with van der Waals surface area (Å²) in [7, 11) is 2.11. The van der Waals surface area contributed by atoms with E-state index in [4.69, 9.17) is 5.73 Å². The highest BCUT2D eigenvalue weighted by atomic mass is 16.1. The van der Waals surface area contributed by atoms with Crippen LogP contribution in [-0.2, 0) is 4.79 Å². The lowest BCUT2D eigenvalue weighted by Gasteiger charge is -2.21. The first kappa shape index (κ1) is 18.4. The average molecular weight is 271 g/mol. The van der Waals surface area contributed by atoms with Crippen molar-refractivity contribution in [2.24, 2.45) is 11.7 Å². The quantitative estimate of drug-likeness (QED) is 0.597. The molecular weight excluding hydrogens is 238 g/mol. The summed E-state index contributed by atoms with van der Waals surface area (Å²) in [6.45, 7) is 10.2. The van der Waals surface area contributed by atoms with Gasteiger partial charge in [-0.15, -0.1) is 0 Å². The molecule has 0 saturated heterocycles. The molecule has 2 atom stereocenters. The zero-order valence-electron chi connectivity index (χ0n) is 13.4. The Balaban J connectivity index is 3.62. The number of hydrogen-bond donors (Lipinski definition) is 2. The second-order valence-electron chi connectivity index (χ2n) is 6.03. The summed E-state index contributed by atoms with van der Waals surface area (Å²) < 4.78 is 0. The highest BCUT2D eigenvalue weighted by Crippen LogP contribution is 2.09. The molecule has 4 heteroatoms. The first-order valence-electron chi connectivity index (χ1n) is 7.58. The van der Waals surface area contributed by atoms with Gasteiger partial charge in [0.1, 0.15) is 0 Å². The normalized spacial score (nSPS) is 14.7. The summed E-state index contributed by atoms with van der Waals surface area (Å²) >= 11 is 0. The van der Waals surface area contributed by atoms with Gasteiger partial charge in [0.15, 0.2) is 0 Å². The molecule has 1 amide bonds. The summed E-state index contributed by atoms with van der Waals surface area (Å²) in [6.07, 6.45) is 3.96. The monoisotopic (exact) mass is 271 g/mol. The molecule has 0 spiro atoms. The molecular formula is C15H33N3O. The van der Waals surface area contributed by atoms with Crippen LogP contribution in [0.25, 0.3) is 0 Å². The molecule has 0 aromatic rings. The number of rotatable bonds is 10. The van der Waals surface area contributed by atoms with Crippen LogP contribution in [0.15, 0.2) is 0 Å². The topological polar surface area (TPSA) is 58.4 Å².